The molecule has 1 heterocycles. The highest BCUT2D eigenvalue weighted by molar-refractivity contribution is 5.39. The Morgan fingerprint density at radius 3 is 2.91 bits per heavy atom. The Labute approximate surface area is 66.5 Å². The Balaban J connectivity index is 2.72. The van der Waals surface area contributed by atoms with E-state index in [1.54, 1.807) is 0 Å². The van der Waals surface area contributed by atoms with Gasteiger partial charge in [-0.05, 0) is 13.8 Å². The van der Waals surface area contributed by atoms with Crippen molar-refractivity contribution < 1.29 is 0 Å². The van der Waals surface area contributed by atoms with E-state index in [9.17, 15) is 0 Å². The Bertz CT molecular complexity index is 241. The normalized spacial score (nSPS) is 11.1. The fourth-order valence-corrected chi connectivity index (χ4v) is 0.840. The van der Waals surface area contributed by atoms with E-state index in [1.807, 2.05) is 36.9 Å². The van der Waals surface area contributed by atoms with Gasteiger partial charge in [-0.1, -0.05) is 12.2 Å². The van der Waals surface area contributed by atoms with Crippen LogP contribution in [0.1, 0.15) is 12.6 Å². The van der Waals surface area contributed by atoms with Crippen LogP contribution in [0, 0.1) is 6.92 Å². The Kier molecular flexibility index (Phi) is 2.31. The number of aryl methyl sites for hydroxylation is 1. The maximum absolute atomic E-state index is 5.60. The van der Waals surface area contributed by atoms with Gasteiger partial charge < -0.3 is 5.73 Å². The summed E-state index contributed by atoms with van der Waals surface area (Å²) in [5, 5.41) is 4.19. The smallest absolute Gasteiger partial charge is 0.0823 e. The second-order valence-corrected chi connectivity index (χ2v) is 2.46. The summed E-state index contributed by atoms with van der Waals surface area (Å²) in [5.74, 6) is 0. The van der Waals surface area contributed by atoms with E-state index in [1.165, 1.54) is 0 Å². The van der Waals surface area contributed by atoms with Gasteiger partial charge in [-0.15, -0.1) is 0 Å². The number of allylic oxidation sites excluding steroid dienone is 2. The molecule has 0 aliphatic heterocycles. The van der Waals surface area contributed by atoms with Gasteiger partial charge in [0.1, 0.15) is 0 Å². The minimum Gasteiger partial charge on any atom is -0.396 e. The molecular formula is C8H13N3. The molecule has 0 fully saturated rings. The molecule has 0 saturated heterocycles. The molecule has 3 nitrogen and oxygen atoms in total. The first-order valence-corrected chi connectivity index (χ1v) is 3.64. The van der Waals surface area contributed by atoms with Crippen LogP contribution < -0.4 is 5.73 Å². The first kappa shape index (κ1) is 7.85. The first-order valence-electron chi connectivity index (χ1n) is 3.64. The molecule has 0 atom stereocenters. The molecule has 0 aromatic carbocycles. The van der Waals surface area contributed by atoms with Gasteiger partial charge in [-0.2, -0.15) is 5.10 Å². The summed E-state index contributed by atoms with van der Waals surface area (Å²) in [6.45, 7) is 4.69. The molecule has 1 aromatic heterocycles. The van der Waals surface area contributed by atoms with Crippen LogP contribution in [0.5, 0.6) is 0 Å². The molecule has 2 N–H and O–H groups in total. The van der Waals surface area contributed by atoms with Crippen LogP contribution in [-0.4, -0.2) is 9.78 Å². The Hall–Kier alpha value is -1.25. The van der Waals surface area contributed by atoms with Gasteiger partial charge in [-0.25, -0.2) is 0 Å². The predicted molar refractivity (Wildman–Crippen MR) is 46.2 cm³/mol. The third-order valence-electron chi connectivity index (χ3n) is 1.51. The fourth-order valence-electron chi connectivity index (χ4n) is 0.840. The SMILES string of the molecule is C/C=C/Cn1cc(N)c(C)n1. The number of anilines is 1. The molecule has 11 heavy (non-hydrogen) atoms. The number of nitrogens with zero attached hydrogens (tertiary/aromatic N) is 2. The lowest BCUT2D eigenvalue weighted by molar-refractivity contribution is 0.693. The molecule has 0 spiro atoms. The van der Waals surface area contributed by atoms with Crippen molar-refractivity contribution in [3.05, 3.63) is 24.0 Å². The highest BCUT2D eigenvalue weighted by Gasteiger charge is 1.97. The topological polar surface area (TPSA) is 43.8 Å². The molecular weight excluding hydrogens is 138 g/mol. The number of hydrogen-bond acceptors (Lipinski definition) is 2. The number of rotatable bonds is 2. The van der Waals surface area contributed by atoms with Crippen molar-refractivity contribution >= 4 is 5.69 Å². The summed E-state index contributed by atoms with van der Waals surface area (Å²) in [7, 11) is 0. The summed E-state index contributed by atoms with van der Waals surface area (Å²) in [6, 6.07) is 0. The quantitative estimate of drug-likeness (QED) is 0.648. The van der Waals surface area contributed by atoms with Gasteiger partial charge in [0.05, 0.1) is 17.9 Å². The summed E-state index contributed by atoms with van der Waals surface area (Å²) in [5.41, 5.74) is 7.26. The zero-order valence-electron chi connectivity index (χ0n) is 6.91. The molecule has 3 heteroatoms. The molecule has 0 aliphatic carbocycles. The van der Waals surface area contributed by atoms with Crippen molar-refractivity contribution in [1.29, 1.82) is 0 Å². The molecule has 1 rings (SSSR count). The predicted octanol–water partition coefficient (Wildman–Crippen LogP) is 1.35. The van der Waals surface area contributed by atoms with Crippen LogP contribution in [0.3, 0.4) is 0 Å². The summed E-state index contributed by atoms with van der Waals surface area (Å²) >= 11 is 0. The third kappa shape index (κ3) is 1.83. The van der Waals surface area contributed by atoms with E-state index in [4.69, 9.17) is 5.73 Å². The molecule has 0 unspecified atom stereocenters. The summed E-state index contributed by atoms with van der Waals surface area (Å²) in [6.07, 6.45) is 5.87. The maximum Gasteiger partial charge on any atom is 0.0823 e. The van der Waals surface area contributed by atoms with Gasteiger partial charge in [0.25, 0.3) is 0 Å². The second kappa shape index (κ2) is 3.23. The average molecular weight is 151 g/mol. The standard InChI is InChI=1S/C8H13N3/c1-3-4-5-11-6-8(9)7(2)10-11/h3-4,6H,5,9H2,1-2H3/b4-3+. The van der Waals surface area contributed by atoms with Gasteiger partial charge >= 0.3 is 0 Å². The molecule has 0 aliphatic rings. The highest BCUT2D eigenvalue weighted by Crippen LogP contribution is 2.05. The molecule has 0 bridgehead atoms. The zero-order chi connectivity index (χ0) is 8.27. The van der Waals surface area contributed by atoms with Gasteiger partial charge in [0, 0.05) is 6.20 Å². The van der Waals surface area contributed by atoms with Crippen molar-refractivity contribution in [3.63, 3.8) is 0 Å². The van der Waals surface area contributed by atoms with Crippen molar-refractivity contribution in [2.45, 2.75) is 20.4 Å². The Morgan fingerprint density at radius 2 is 2.45 bits per heavy atom. The Morgan fingerprint density at radius 1 is 1.73 bits per heavy atom. The molecule has 0 saturated carbocycles. The van der Waals surface area contributed by atoms with Crippen LogP contribution in [0.2, 0.25) is 0 Å². The van der Waals surface area contributed by atoms with Crippen molar-refractivity contribution in [3.8, 4) is 0 Å². The van der Waals surface area contributed by atoms with E-state index in [-0.39, 0.29) is 0 Å². The first-order chi connectivity index (χ1) is 5.24. The lowest BCUT2D eigenvalue weighted by atomic mass is 10.4. The lowest BCUT2D eigenvalue weighted by Gasteiger charge is -1.91. The number of hydrogen-bond donors (Lipinski definition) is 1. The fraction of sp³-hybridized carbons (Fsp3) is 0.375. The highest BCUT2D eigenvalue weighted by atomic mass is 15.3. The number of aromatic nitrogens is 2. The van der Waals surface area contributed by atoms with Crippen molar-refractivity contribution in [2.75, 3.05) is 5.73 Å². The summed E-state index contributed by atoms with van der Waals surface area (Å²) < 4.78 is 1.82. The molecule has 1 aromatic rings. The van der Waals surface area contributed by atoms with Crippen LogP contribution >= 0.6 is 0 Å². The van der Waals surface area contributed by atoms with E-state index in [0.717, 1.165) is 17.9 Å². The minimum atomic E-state index is 0.759. The van der Waals surface area contributed by atoms with Crippen LogP contribution in [-0.2, 0) is 6.54 Å². The van der Waals surface area contributed by atoms with Crippen molar-refractivity contribution in [1.82, 2.24) is 9.78 Å². The molecule has 0 radical (unpaired) electrons. The van der Waals surface area contributed by atoms with E-state index in [0.29, 0.717) is 0 Å². The van der Waals surface area contributed by atoms with Gasteiger partial charge in [0.15, 0.2) is 0 Å². The maximum atomic E-state index is 5.60. The molecule has 0 amide bonds. The van der Waals surface area contributed by atoms with E-state index < -0.39 is 0 Å². The van der Waals surface area contributed by atoms with Gasteiger partial charge in [-0.3, -0.25) is 4.68 Å². The number of nitrogens with two attached hydrogens (primary N) is 1. The van der Waals surface area contributed by atoms with Crippen LogP contribution in [0.15, 0.2) is 18.3 Å². The van der Waals surface area contributed by atoms with E-state index in [2.05, 4.69) is 5.10 Å². The largest absolute Gasteiger partial charge is 0.396 e. The monoisotopic (exact) mass is 151 g/mol. The van der Waals surface area contributed by atoms with Crippen LogP contribution in [0.4, 0.5) is 5.69 Å². The van der Waals surface area contributed by atoms with E-state index >= 15 is 0 Å². The second-order valence-electron chi connectivity index (χ2n) is 2.46. The van der Waals surface area contributed by atoms with Crippen LogP contribution in [0.25, 0.3) is 0 Å². The number of nitrogen functional groups attached to an aromatic ring is 1. The minimum absolute atomic E-state index is 0.759. The average Bonchev–Trinajstić information content (AvgIpc) is 2.28. The lowest BCUT2D eigenvalue weighted by Crippen LogP contribution is -1.94. The molecule has 60 valence electrons. The third-order valence-corrected chi connectivity index (χ3v) is 1.51. The summed E-state index contributed by atoms with van der Waals surface area (Å²) in [4.78, 5) is 0. The van der Waals surface area contributed by atoms with Gasteiger partial charge in [0.2, 0.25) is 0 Å². The van der Waals surface area contributed by atoms with Crippen molar-refractivity contribution in [2.24, 2.45) is 0 Å². The zero-order valence-corrected chi connectivity index (χ0v) is 6.91.